The van der Waals surface area contributed by atoms with Gasteiger partial charge in [0.1, 0.15) is 5.82 Å². The molecule has 0 atom stereocenters. The van der Waals surface area contributed by atoms with Crippen molar-refractivity contribution in [1.82, 2.24) is 9.55 Å². The third-order valence-electron chi connectivity index (χ3n) is 3.63. The first-order valence-electron chi connectivity index (χ1n) is 7.67. The van der Waals surface area contributed by atoms with Crippen LogP contribution in [0, 0.1) is 19.8 Å². The molecular formula is C17H21F3N4. The molecule has 0 spiro atoms. The van der Waals surface area contributed by atoms with Crippen LogP contribution in [-0.4, -0.2) is 15.8 Å². The molecule has 0 aliphatic rings. The lowest BCUT2D eigenvalue weighted by molar-refractivity contribution is -0.137. The van der Waals surface area contributed by atoms with Crippen molar-refractivity contribution >= 4 is 12.0 Å². The molecule has 0 fully saturated rings. The summed E-state index contributed by atoms with van der Waals surface area (Å²) in [7, 11) is 0. The lowest BCUT2D eigenvalue weighted by Gasteiger charge is -2.11. The third kappa shape index (κ3) is 4.37. The average Bonchev–Trinajstić information content (AvgIpc) is 2.74. The van der Waals surface area contributed by atoms with Gasteiger partial charge in [-0.3, -0.25) is 5.43 Å². The molecule has 0 aliphatic carbocycles. The van der Waals surface area contributed by atoms with Gasteiger partial charge in [0.2, 0.25) is 0 Å². The van der Waals surface area contributed by atoms with Crippen LogP contribution in [0.1, 0.15) is 36.4 Å². The highest BCUT2D eigenvalue weighted by molar-refractivity contribution is 5.82. The van der Waals surface area contributed by atoms with Crippen molar-refractivity contribution in [1.29, 1.82) is 0 Å². The number of nitrogens with one attached hydrogen (secondary N) is 1. The van der Waals surface area contributed by atoms with E-state index in [0.29, 0.717) is 5.92 Å². The number of pyridine rings is 1. The van der Waals surface area contributed by atoms with Crippen molar-refractivity contribution in [3.05, 3.63) is 46.9 Å². The second-order valence-corrected chi connectivity index (χ2v) is 6.13. The van der Waals surface area contributed by atoms with Crippen LogP contribution in [0.2, 0.25) is 0 Å². The van der Waals surface area contributed by atoms with E-state index in [4.69, 9.17) is 0 Å². The molecule has 2 rings (SSSR count). The van der Waals surface area contributed by atoms with E-state index < -0.39 is 11.7 Å². The number of hydrazone groups is 1. The number of rotatable bonds is 5. The maximum Gasteiger partial charge on any atom is 0.417 e. The minimum Gasteiger partial charge on any atom is -0.348 e. The Balaban J connectivity index is 2.07. The quantitative estimate of drug-likeness (QED) is 0.638. The van der Waals surface area contributed by atoms with Crippen LogP contribution < -0.4 is 5.43 Å². The van der Waals surface area contributed by atoms with E-state index in [1.54, 1.807) is 6.21 Å². The number of hydrogen-bond donors (Lipinski definition) is 1. The zero-order valence-electron chi connectivity index (χ0n) is 14.1. The Morgan fingerprint density at radius 2 is 2.00 bits per heavy atom. The van der Waals surface area contributed by atoms with Gasteiger partial charge in [-0.25, -0.2) is 4.98 Å². The first-order valence-corrected chi connectivity index (χ1v) is 7.67. The molecule has 0 aromatic carbocycles. The van der Waals surface area contributed by atoms with Crippen LogP contribution in [0.5, 0.6) is 0 Å². The summed E-state index contributed by atoms with van der Waals surface area (Å²) in [6, 6.07) is 4.25. The van der Waals surface area contributed by atoms with Crippen molar-refractivity contribution < 1.29 is 13.2 Å². The molecule has 2 heterocycles. The van der Waals surface area contributed by atoms with E-state index >= 15 is 0 Å². The molecule has 0 aliphatic heterocycles. The summed E-state index contributed by atoms with van der Waals surface area (Å²) in [5, 5.41) is 4.07. The van der Waals surface area contributed by atoms with Gasteiger partial charge in [-0.1, -0.05) is 13.8 Å². The first kappa shape index (κ1) is 18.0. The zero-order valence-corrected chi connectivity index (χ0v) is 14.1. The number of aromatic nitrogens is 2. The summed E-state index contributed by atoms with van der Waals surface area (Å²) in [5.41, 5.74) is 5.08. The highest BCUT2D eigenvalue weighted by Gasteiger charge is 2.30. The van der Waals surface area contributed by atoms with E-state index in [-0.39, 0.29) is 5.82 Å². The van der Waals surface area contributed by atoms with Gasteiger partial charge in [0, 0.05) is 29.7 Å². The fourth-order valence-electron chi connectivity index (χ4n) is 2.40. The highest BCUT2D eigenvalue weighted by Crippen LogP contribution is 2.28. The smallest absolute Gasteiger partial charge is 0.348 e. The van der Waals surface area contributed by atoms with Crippen molar-refractivity contribution in [2.45, 2.75) is 40.4 Å². The molecule has 1 N–H and O–H groups in total. The van der Waals surface area contributed by atoms with Crippen LogP contribution in [0.25, 0.3) is 0 Å². The lowest BCUT2D eigenvalue weighted by atomic mass is 10.2. The van der Waals surface area contributed by atoms with Gasteiger partial charge in [-0.15, -0.1) is 0 Å². The Hall–Kier alpha value is -2.31. The van der Waals surface area contributed by atoms with Gasteiger partial charge in [0.15, 0.2) is 0 Å². The van der Waals surface area contributed by atoms with Gasteiger partial charge in [-0.05, 0) is 38.0 Å². The Morgan fingerprint density at radius 1 is 1.29 bits per heavy atom. The fourth-order valence-corrected chi connectivity index (χ4v) is 2.40. The summed E-state index contributed by atoms with van der Waals surface area (Å²) in [4.78, 5) is 3.71. The summed E-state index contributed by atoms with van der Waals surface area (Å²) in [5.74, 6) is 0.796. The highest BCUT2D eigenvalue weighted by atomic mass is 19.4. The average molecular weight is 338 g/mol. The predicted molar refractivity (Wildman–Crippen MR) is 89.2 cm³/mol. The fraction of sp³-hybridized carbons (Fsp3) is 0.412. The lowest BCUT2D eigenvalue weighted by Crippen LogP contribution is -2.08. The monoisotopic (exact) mass is 338 g/mol. The molecular weight excluding hydrogens is 317 g/mol. The van der Waals surface area contributed by atoms with Gasteiger partial charge < -0.3 is 4.57 Å². The molecule has 2 aromatic rings. The summed E-state index contributed by atoms with van der Waals surface area (Å²) >= 11 is 0. The van der Waals surface area contributed by atoms with Gasteiger partial charge >= 0.3 is 6.18 Å². The van der Waals surface area contributed by atoms with E-state index in [1.165, 1.54) is 6.07 Å². The number of alkyl halides is 3. The van der Waals surface area contributed by atoms with E-state index in [9.17, 15) is 13.2 Å². The molecule has 0 saturated heterocycles. The zero-order chi connectivity index (χ0) is 17.9. The van der Waals surface area contributed by atoms with E-state index in [2.05, 4.69) is 33.9 Å². The van der Waals surface area contributed by atoms with Crippen molar-refractivity contribution in [3.63, 3.8) is 0 Å². The Kier molecular flexibility index (Phi) is 5.31. The standard InChI is InChI=1S/C17H21F3N4/c1-11(2)10-24-12(3)7-14(13(24)4)8-22-23-16-6-5-15(9-21-16)17(18,19)20/h5-9,11H,10H2,1-4H3,(H,21,23)/b22-8-. The van der Waals surface area contributed by atoms with Crippen LogP contribution >= 0.6 is 0 Å². The molecule has 0 amide bonds. The van der Waals surface area contributed by atoms with Crippen molar-refractivity contribution in [3.8, 4) is 0 Å². The normalized spacial score (nSPS) is 12.3. The topological polar surface area (TPSA) is 42.2 Å². The van der Waals surface area contributed by atoms with Gasteiger partial charge in [-0.2, -0.15) is 18.3 Å². The summed E-state index contributed by atoms with van der Waals surface area (Å²) < 4.78 is 39.7. The van der Waals surface area contributed by atoms with E-state index in [0.717, 1.165) is 35.8 Å². The molecule has 0 saturated carbocycles. The third-order valence-corrected chi connectivity index (χ3v) is 3.63. The van der Waals surface area contributed by atoms with Crippen LogP contribution in [0.3, 0.4) is 0 Å². The number of anilines is 1. The maximum absolute atomic E-state index is 12.5. The molecule has 130 valence electrons. The molecule has 7 heteroatoms. The largest absolute Gasteiger partial charge is 0.417 e. The molecule has 24 heavy (non-hydrogen) atoms. The minimum absolute atomic E-state index is 0.259. The molecule has 0 radical (unpaired) electrons. The maximum atomic E-state index is 12.5. The van der Waals surface area contributed by atoms with Gasteiger partial charge in [0.05, 0.1) is 11.8 Å². The molecule has 0 unspecified atom stereocenters. The number of nitrogens with zero attached hydrogens (tertiary/aromatic N) is 3. The van der Waals surface area contributed by atoms with Crippen LogP contribution in [0.4, 0.5) is 19.0 Å². The molecule has 4 nitrogen and oxygen atoms in total. The Morgan fingerprint density at radius 3 is 2.54 bits per heavy atom. The number of hydrogen-bond acceptors (Lipinski definition) is 3. The molecule has 0 bridgehead atoms. The van der Waals surface area contributed by atoms with Crippen molar-refractivity contribution in [2.24, 2.45) is 11.0 Å². The summed E-state index contributed by atoms with van der Waals surface area (Å²) in [6.07, 6.45) is -1.95. The second-order valence-electron chi connectivity index (χ2n) is 6.13. The second kappa shape index (κ2) is 7.07. The van der Waals surface area contributed by atoms with Crippen molar-refractivity contribution in [2.75, 3.05) is 5.43 Å². The number of halogens is 3. The van der Waals surface area contributed by atoms with Gasteiger partial charge in [0.25, 0.3) is 0 Å². The predicted octanol–water partition coefficient (Wildman–Crippen LogP) is 4.62. The number of aryl methyl sites for hydroxylation is 1. The Bertz CT molecular complexity index is 713. The SMILES string of the molecule is Cc1cc(/C=N\Nc2ccc(C(F)(F)F)cn2)c(C)n1CC(C)C. The Labute approximate surface area is 139 Å². The van der Waals surface area contributed by atoms with Crippen LogP contribution in [-0.2, 0) is 12.7 Å². The summed E-state index contributed by atoms with van der Waals surface area (Å²) in [6.45, 7) is 9.30. The van der Waals surface area contributed by atoms with Crippen LogP contribution in [0.15, 0.2) is 29.5 Å². The van der Waals surface area contributed by atoms with E-state index in [1.807, 2.05) is 19.9 Å². The molecule has 2 aromatic heterocycles. The minimum atomic E-state index is -4.39. The first-order chi connectivity index (χ1) is 11.2.